The van der Waals surface area contributed by atoms with Crippen molar-refractivity contribution in [3.05, 3.63) is 66.9 Å². The summed E-state index contributed by atoms with van der Waals surface area (Å²) in [4.78, 5) is 9.87. The highest BCUT2D eigenvalue weighted by atomic mass is 35.5. The van der Waals surface area contributed by atoms with Crippen LogP contribution in [0, 0.1) is 15.9 Å². The number of rotatable bonds is 4. The van der Waals surface area contributed by atoms with E-state index in [0.29, 0.717) is 15.6 Å². The lowest BCUT2D eigenvalue weighted by molar-refractivity contribution is -0.385. The highest BCUT2D eigenvalue weighted by molar-refractivity contribution is 6.44. The Morgan fingerprint density at radius 2 is 1.81 bits per heavy atom. The van der Waals surface area contributed by atoms with Crippen LogP contribution in [0.4, 0.5) is 15.8 Å². The summed E-state index contributed by atoms with van der Waals surface area (Å²) in [6.45, 7) is 0.132. The summed E-state index contributed by atoms with van der Waals surface area (Å²) in [6.07, 6.45) is 0. The van der Waals surface area contributed by atoms with Gasteiger partial charge in [-0.2, -0.15) is 0 Å². The van der Waals surface area contributed by atoms with Crippen molar-refractivity contribution in [1.82, 2.24) is 0 Å². The Kier molecular flexibility index (Phi) is 4.88. The summed E-state index contributed by atoms with van der Waals surface area (Å²) in [6, 6.07) is 6.46. The summed E-state index contributed by atoms with van der Waals surface area (Å²) >= 11 is 17.9. The number of nitro groups is 1. The van der Waals surface area contributed by atoms with Crippen LogP contribution < -0.4 is 5.32 Å². The summed E-state index contributed by atoms with van der Waals surface area (Å²) < 4.78 is 13.7. The first-order valence-electron chi connectivity index (χ1n) is 5.70. The summed E-state index contributed by atoms with van der Waals surface area (Å²) in [5, 5.41) is 14.3. The van der Waals surface area contributed by atoms with Gasteiger partial charge in [0.1, 0.15) is 0 Å². The molecule has 2 aromatic carbocycles. The number of hydrogen-bond donors (Lipinski definition) is 1. The number of nitrogens with one attached hydrogen (secondary N) is 1. The molecule has 0 radical (unpaired) electrons. The molecule has 0 saturated carbocycles. The zero-order valence-electron chi connectivity index (χ0n) is 10.4. The molecule has 110 valence electrons. The van der Waals surface area contributed by atoms with E-state index in [1.165, 1.54) is 12.1 Å². The molecule has 0 unspecified atom stereocenters. The van der Waals surface area contributed by atoms with Gasteiger partial charge in [-0.1, -0.05) is 34.8 Å². The van der Waals surface area contributed by atoms with Crippen molar-refractivity contribution in [2.75, 3.05) is 5.32 Å². The van der Waals surface area contributed by atoms with Gasteiger partial charge >= 0.3 is 0 Å². The Labute approximate surface area is 134 Å². The third-order valence-corrected chi connectivity index (χ3v) is 3.96. The van der Waals surface area contributed by atoms with E-state index in [1.807, 2.05) is 0 Å². The zero-order chi connectivity index (χ0) is 15.6. The monoisotopic (exact) mass is 348 g/mol. The number of non-ortho nitro benzene ring substituents is 1. The van der Waals surface area contributed by atoms with E-state index in [1.54, 1.807) is 12.1 Å². The standard InChI is InChI=1S/C13H8Cl3FN2O2/c14-9-2-3-10(15)13(16)8(9)6-18-12-4-1-7(19(20)21)5-11(12)17/h1-5,18H,6H2. The smallest absolute Gasteiger partial charge is 0.272 e. The molecule has 0 aliphatic rings. The molecular weight excluding hydrogens is 342 g/mol. The van der Waals surface area contributed by atoms with Gasteiger partial charge in [-0.15, -0.1) is 0 Å². The predicted molar refractivity (Wildman–Crippen MR) is 81.9 cm³/mol. The molecule has 0 aliphatic carbocycles. The summed E-state index contributed by atoms with van der Waals surface area (Å²) in [5.74, 6) is -0.738. The minimum absolute atomic E-state index is 0.104. The van der Waals surface area contributed by atoms with Crippen LogP contribution in [0.25, 0.3) is 0 Å². The molecule has 0 bridgehead atoms. The van der Waals surface area contributed by atoms with E-state index in [0.717, 1.165) is 6.07 Å². The average Bonchev–Trinajstić information content (AvgIpc) is 2.44. The third kappa shape index (κ3) is 3.56. The van der Waals surface area contributed by atoms with Crippen LogP contribution in [0.1, 0.15) is 5.56 Å². The van der Waals surface area contributed by atoms with Crippen LogP contribution in [0.3, 0.4) is 0 Å². The maximum Gasteiger partial charge on any atom is 0.272 e. The number of halogens is 4. The first-order chi connectivity index (χ1) is 9.90. The van der Waals surface area contributed by atoms with E-state index in [4.69, 9.17) is 34.8 Å². The highest BCUT2D eigenvalue weighted by Gasteiger charge is 2.13. The number of anilines is 1. The van der Waals surface area contributed by atoms with Gasteiger partial charge in [-0.25, -0.2) is 4.39 Å². The van der Waals surface area contributed by atoms with Crippen molar-refractivity contribution in [3.8, 4) is 0 Å². The SMILES string of the molecule is O=[N+]([O-])c1ccc(NCc2c(Cl)ccc(Cl)c2Cl)c(F)c1. The summed E-state index contributed by atoms with van der Waals surface area (Å²) in [5.41, 5.74) is 0.299. The molecule has 2 rings (SSSR count). The average molecular weight is 350 g/mol. The fraction of sp³-hybridized carbons (Fsp3) is 0.0769. The van der Waals surface area contributed by atoms with Crippen molar-refractivity contribution in [1.29, 1.82) is 0 Å². The maximum absolute atomic E-state index is 13.7. The first kappa shape index (κ1) is 15.8. The van der Waals surface area contributed by atoms with Crippen LogP contribution in [0.2, 0.25) is 15.1 Å². The van der Waals surface area contributed by atoms with Gasteiger partial charge < -0.3 is 5.32 Å². The fourth-order valence-electron chi connectivity index (χ4n) is 1.68. The quantitative estimate of drug-likeness (QED) is 0.462. The van der Waals surface area contributed by atoms with Crippen molar-refractivity contribution >= 4 is 46.2 Å². The Morgan fingerprint density at radius 1 is 1.14 bits per heavy atom. The van der Waals surface area contributed by atoms with Gasteiger partial charge in [0.25, 0.3) is 5.69 Å². The molecule has 21 heavy (non-hydrogen) atoms. The van der Waals surface area contributed by atoms with E-state index < -0.39 is 10.7 Å². The van der Waals surface area contributed by atoms with Gasteiger partial charge in [0, 0.05) is 23.2 Å². The van der Waals surface area contributed by atoms with Crippen molar-refractivity contribution in [2.24, 2.45) is 0 Å². The molecule has 0 fully saturated rings. The molecule has 0 amide bonds. The lowest BCUT2D eigenvalue weighted by Gasteiger charge is -2.11. The van der Waals surface area contributed by atoms with Gasteiger partial charge in [-0.3, -0.25) is 10.1 Å². The van der Waals surface area contributed by atoms with E-state index in [9.17, 15) is 14.5 Å². The fourth-order valence-corrected chi connectivity index (χ4v) is 2.36. The molecule has 0 saturated heterocycles. The molecule has 4 nitrogen and oxygen atoms in total. The lowest BCUT2D eigenvalue weighted by Crippen LogP contribution is -2.03. The minimum atomic E-state index is -0.738. The number of nitrogens with zero attached hydrogens (tertiary/aromatic N) is 1. The molecule has 0 aromatic heterocycles. The number of nitro benzene ring substituents is 1. The predicted octanol–water partition coefficient (Wildman–Crippen LogP) is 5.31. The molecule has 1 N–H and O–H groups in total. The molecule has 8 heteroatoms. The Morgan fingerprint density at radius 3 is 2.43 bits per heavy atom. The lowest BCUT2D eigenvalue weighted by atomic mass is 10.2. The van der Waals surface area contributed by atoms with Gasteiger partial charge in [0.05, 0.1) is 26.7 Å². The normalized spacial score (nSPS) is 10.5. The third-order valence-electron chi connectivity index (χ3n) is 2.76. The van der Waals surface area contributed by atoms with E-state index in [2.05, 4.69) is 5.32 Å². The Bertz CT molecular complexity index is 710. The summed E-state index contributed by atoms with van der Waals surface area (Å²) in [7, 11) is 0. The van der Waals surface area contributed by atoms with Crippen LogP contribution in [-0.4, -0.2) is 4.92 Å². The first-order valence-corrected chi connectivity index (χ1v) is 6.83. The number of hydrogen-bond acceptors (Lipinski definition) is 3. The van der Waals surface area contributed by atoms with Gasteiger partial charge in [-0.05, 0) is 18.2 Å². The molecule has 0 atom stereocenters. The Balaban J connectivity index is 2.21. The maximum atomic E-state index is 13.7. The van der Waals surface area contributed by atoms with E-state index in [-0.39, 0.29) is 22.9 Å². The van der Waals surface area contributed by atoms with Crippen LogP contribution >= 0.6 is 34.8 Å². The minimum Gasteiger partial charge on any atom is -0.378 e. The van der Waals surface area contributed by atoms with Crippen LogP contribution in [0.5, 0.6) is 0 Å². The largest absolute Gasteiger partial charge is 0.378 e. The van der Waals surface area contributed by atoms with Crippen molar-refractivity contribution in [3.63, 3.8) is 0 Å². The van der Waals surface area contributed by atoms with Gasteiger partial charge in [0.15, 0.2) is 5.82 Å². The molecule has 0 spiro atoms. The highest BCUT2D eigenvalue weighted by Crippen LogP contribution is 2.32. The van der Waals surface area contributed by atoms with Crippen molar-refractivity contribution < 1.29 is 9.31 Å². The second-order valence-corrected chi connectivity index (χ2v) is 5.29. The van der Waals surface area contributed by atoms with Crippen LogP contribution in [0.15, 0.2) is 30.3 Å². The molecular formula is C13H8Cl3FN2O2. The molecule has 0 heterocycles. The van der Waals surface area contributed by atoms with Gasteiger partial charge in [0.2, 0.25) is 0 Å². The Hall–Kier alpha value is -1.56. The van der Waals surface area contributed by atoms with Crippen LogP contribution in [-0.2, 0) is 6.54 Å². The van der Waals surface area contributed by atoms with Crippen molar-refractivity contribution in [2.45, 2.75) is 6.54 Å². The van der Waals surface area contributed by atoms with E-state index >= 15 is 0 Å². The molecule has 2 aromatic rings. The molecule has 0 aliphatic heterocycles. The zero-order valence-corrected chi connectivity index (χ0v) is 12.6. The number of benzene rings is 2. The second kappa shape index (κ2) is 6.47. The topological polar surface area (TPSA) is 55.2 Å². The second-order valence-electron chi connectivity index (χ2n) is 4.10.